The molecule has 0 spiro atoms. The largest absolute Gasteiger partial charge is 0.491 e. The van der Waals surface area contributed by atoms with E-state index in [4.69, 9.17) is 16.3 Å². The van der Waals surface area contributed by atoms with Crippen LogP contribution in [0.2, 0.25) is 5.02 Å². The first kappa shape index (κ1) is 15.7. The van der Waals surface area contributed by atoms with Crippen LogP contribution >= 0.6 is 11.6 Å². The highest BCUT2D eigenvalue weighted by molar-refractivity contribution is 6.31. The molecule has 2 aromatic carbocycles. The van der Waals surface area contributed by atoms with Crippen molar-refractivity contribution >= 4 is 17.3 Å². The Balaban J connectivity index is 1.92. The maximum atomic E-state index is 10.2. The van der Waals surface area contributed by atoms with E-state index in [-0.39, 0.29) is 6.10 Å². The van der Waals surface area contributed by atoms with Crippen LogP contribution in [0.15, 0.2) is 48.5 Å². The highest BCUT2D eigenvalue weighted by atomic mass is 35.5. The number of anilines is 1. The normalized spacial score (nSPS) is 12.2. The van der Waals surface area contributed by atoms with Gasteiger partial charge in [0, 0.05) is 22.8 Å². The van der Waals surface area contributed by atoms with E-state index in [9.17, 15) is 5.11 Å². The van der Waals surface area contributed by atoms with E-state index < -0.39 is 6.10 Å². The molecule has 0 saturated carbocycles. The minimum absolute atomic E-state index is 0.158. The number of nitrogens with one attached hydrogen (secondary N) is 1. The lowest BCUT2D eigenvalue weighted by atomic mass is 10.1. The monoisotopic (exact) mass is 305 g/mol. The van der Waals surface area contributed by atoms with Gasteiger partial charge in [0.05, 0.1) is 12.2 Å². The summed E-state index contributed by atoms with van der Waals surface area (Å²) >= 11 is 6.07. The van der Waals surface area contributed by atoms with E-state index in [1.165, 1.54) is 0 Å². The fraction of sp³-hybridized carbons (Fsp3) is 0.294. The lowest BCUT2D eigenvalue weighted by Crippen LogP contribution is -2.12. The number of aliphatic hydroxyl groups is 1. The molecule has 0 heterocycles. The molecule has 3 nitrogen and oxygen atoms in total. The predicted molar refractivity (Wildman–Crippen MR) is 87.1 cm³/mol. The third-order valence-electron chi connectivity index (χ3n) is 2.99. The van der Waals surface area contributed by atoms with Gasteiger partial charge in [-0.25, -0.2) is 0 Å². The van der Waals surface area contributed by atoms with Gasteiger partial charge >= 0.3 is 0 Å². The second-order valence-electron chi connectivity index (χ2n) is 5.11. The first-order valence-electron chi connectivity index (χ1n) is 6.99. The van der Waals surface area contributed by atoms with Crippen LogP contribution in [0, 0.1) is 0 Å². The number of hydrogen-bond acceptors (Lipinski definition) is 3. The molecule has 0 aliphatic heterocycles. The Bertz CT molecular complexity index is 569. The van der Waals surface area contributed by atoms with Gasteiger partial charge in [-0.2, -0.15) is 0 Å². The molecule has 0 aliphatic carbocycles. The Labute approximate surface area is 130 Å². The van der Waals surface area contributed by atoms with Gasteiger partial charge in [0.25, 0.3) is 0 Å². The number of aliphatic hydroxyl groups excluding tert-OH is 1. The van der Waals surface area contributed by atoms with Crippen molar-refractivity contribution in [3.63, 3.8) is 0 Å². The first-order chi connectivity index (χ1) is 10.1. The van der Waals surface area contributed by atoms with Crippen LogP contribution in [0.25, 0.3) is 0 Å². The summed E-state index contributed by atoms with van der Waals surface area (Å²) in [7, 11) is 0. The van der Waals surface area contributed by atoms with Gasteiger partial charge in [-0.3, -0.25) is 0 Å². The predicted octanol–water partition coefficient (Wildman–Crippen LogP) is 4.27. The number of halogens is 1. The maximum Gasteiger partial charge on any atom is 0.119 e. The summed E-state index contributed by atoms with van der Waals surface area (Å²) in [5, 5.41) is 13.9. The van der Waals surface area contributed by atoms with Crippen LogP contribution in [0.3, 0.4) is 0 Å². The van der Waals surface area contributed by atoms with E-state index in [0.717, 1.165) is 17.0 Å². The van der Waals surface area contributed by atoms with Crippen LogP contribution in [0.1, 0.15) is 25.5 Å². The molecule has 1 atom stereocenters. The van der Waals surface area contributed by atoms with Crippen molar-refractivity contribution in [3.05, 3.63) is 59.1 Å². The number of rotatable bonds is 6. The molecule has 1 unspecified atom stereocenters. The van der Waals surface area contributed by atoms with Gasteiger partial charge in [-0.1, -0.05) is 29.8 Å². The van der Waals surface area contributed by atoms with E-state index in [0.29, 0.717) is 11.6 Å². The van der Waals surface area contributed by atoms with Gasteiger partial charge in [0.2, 0.25) is 0 Å². The van der Waals surface area contributed by atoms with Crippen molar-refractivity contribution in [2.45, 2.75) is 26.1 Å². The molecule has 0 amide bonds. The Kier molecular flexibility index (Phi) is 5.48. The molecular formula is C17H20ClNO2. The topological polar surface area (TPSA) is 41.5 Å². The quantitative estimate of drug-likeness (QED) is 0.837. The van der Waals surface area contributed by atoms with Crippen molar-refractivity contribution < 1.29 is 9.84 Å². The van der Waals surface area contributed by atoms with Gasteiger partial charge < -0.3 is 15.2 Å². The zero-order chi connectivity index (χ0) is 15.2. The van der Waals surface area contributed by atoms with Crippen molar-refractivity contribution in [1.29, 1.82) is 0 Å². The summed E-state index contributed by atoms with van der Waals surface area (Å²) in [5.41, 5.74) is 1.66. The van der Waals surface area contributed by atoms with E-state index in [2.05, 4.69) is 5.32 Å². The van der Waals surface area contributed by atoms with Gasteiger partial charge in [-0.15, -0.1) is 0 Å². The second kappa shape index (κ2) is 7.34. The Hall–Kier alpha value is -1.71. The van der Waals surface area contributed by atoms with Crippen molar-refractivity contribution in [2.75, 3.05) is 11.9 Å². The van der Waals surface area contributed by atoms with E-state index in [1.54, 1.807) is 6.07 Å². The second-order valence-corrected chi connectivity index (χ2v) is 5.52. The number of benzene rings is 2. The van der Waals surface area contributed by atoms with Gasteiger partial charge in [0.15, 0.2) is 0 Å². The lowest BCUT2D eigenvalue weighted by Gasteiger charge is -2.15. The van der Waals surface area contributed by atoms with Crippen molar-refractivity contribution in [1.82, 2.24) is 0 Å². The maximum absolute atomic E-state index is 10.2. The highest BCUT2D eigenvalue weighted by Crippen LogP contribution is 2.23. The SMILES string of the molecule is CC(C)Oc1ccc(NCC(O)c2ccccc2Cl)cc1. The van der Waals surface area contributed by atoms with E-state index in [1.807, 2.05) is 56.3 Å². The molecule has 4 heteroatoms. The molecule has 0 aliphatic rings. The number of ether oxygens (including phenoxy) is 1. The van der Waals surface area contributed by atoms with Crippen LogP contribution < -0.4 is 10.1 Å². The molecule has 0 aromatic heterocycles. The summed E-state index contributed by atoms with van der Waals surface area (Å²) < 4.78 is 5.59. The van der Waals surface area contributed by atoms with Crippen LogP contribution in [-0.2, 0) is 0 Å². The zero-order valence-corrected chi connectivity index (χ0v) is 13.0. The third kappa shape index (κ3) is 4.66. The number of hydrogen-bond donors (Lipinski definition) is 2. The van der Waals surface area contributed by atoms with Crippen molar-refractivity contribution in [2.24, 2.45) is 0 Å². The van der Waals surface area contributed by atoms with Gasteiger partial charge in [-0.05, 0) is 44.2 Å². The molecule has 0 fully saturated rings. The third-order valence-corrected chi connectivity index (χ3v) is 3.33. The van der Waals surface area contributed by atoms with Crippen LogP contribution in [0.4, 0.5) is 5.69 Å². The van der Waals surface area contributed by atoms with E-state index >= 15 is 0 Å². The summed E-state index contributed by atoms with van der Waals surface area (Å²) in [6.07, 6.45) is -0.490. The minimum atomic E-state index is -0.648. The zero-order valence-electron chi connectivity index (χ0n) is 12.2. The standard InChI is InChI=1S/C17H20ClNO2/c1-12(2)21-14-9-7-13(8-10-14)19-11-17(20)15-5-3-4-6-16(15)18/h3-10,12,17,19-20H,11H2,1-2H3. The first-order valence-corrected chi connectivity index (χ1v) is 7.37. The smallest absolute Gasteiger partial charge is 0.119 e. The molecule has 2 aromatic rings. The molecule has 0 bridgehead atoms. The Morgan fingerprint density at radius 3 is 2.38 bits per heavy atom. The molecule has 2 N–H and O–H groups in total. The Morgan fingerprint density at radius 2 is 1.76 bits per heavy atom. The molecule has 0 saturated heterocycles. The summed E-state index contributed by atoms with van der Waals surface area (Å²) in [5.74, 6) is 0.835. The summed E-state index contributed by atoms with van der Waals surface area (Å²) in [6, 6.07) is 15.0. The molecule has 21 heavy (non-hydrogen) atoms. The fourth-order valence-corrected chi connectivity index (χ4v) is 2.26. The average Bonchev–Trinajstić information content (AvgIpc) is 2.46. The molecule has 0 radical (unpaired) electrons. The van der Waals surface area contributed by atoms with Crippen LogP contribution in [0.5, 0.6) is 5.75 Å². The summed E-state index contributed by atoms with van der Waals surface area (Å²) in [4.78, 5) is 0. The molecular weight excluding hydrogens is 286 g/mol. The molecule has 112 valence electrons. The summed E-state index contributed by atoms with van der Waals surface area (Å²) in [6.45, 7) is 4.38. The highest BCUT2D eigenvalue weighted by Gasteiger charge is 2.10. The Morgan fingerprint density at radius 1 is 1.10 bits per heavy atom. The average molecular weight is 306 g/mol. The van der Waals surface area contributed by atoms with Crippen molar-refractivity contribution in [3.8, 4) is 5.75 Å². The lowest BCUT2D eigenvalue weighted by molar-refractivity contribution is 0.192. The van der Waals surface area contributed by atoms with Gasteiger partial charge in [0.1, 0.15) is 5.75 Å². The minimum Gasteiger partial charge on any atom is -0.491 e. The fourth-order valence-electron chi connectivity index (χ4n) is 1.99. The van der Waals surface area contributed by atoms with Crippen LogP contribution in [-0.4, -0.2) is 17.8 Å². The molecule has 2 rings (SSSR count).